The smallest absolute Gasteiger partial charge is 0.0543 e. The van der Waals surface area contributed by atoms with Gasteiger partial charge in [0, 0.05) is 71.1 Å². The first-order valence-corrected chi connectivity index (χ1v) is 37.2. The number of nitrogens with zero attached hydrogens (tertiary/aromatic N) is 4. The van der Waals surface area contributed by atoms with Crippen molar-refractivity contribution < 1.29 is 0 Å². The first-order valence-electron chi connectivity index (χ1n) is 37.2. The third-order valence-corrected chi connectivity index (χ3v) is 21.8. The molecule has 4 nitrogen and oxygen atoms in total. The number of rotatable bonds is 7. The van der Waals surface area contributed by atoms with Crippen molar-refractivity contribution >= 4 is 87.2 Å². The second kappa shape index (κ2) is 27.4. The van der Waals surface area contributed by atoms with Crippen LogP contribution in [0.3, 0.4) is 0 Å². The topological polar surface area (TPSA) is 19.7 Å². The maximum absolute atomic E-state index is 2.42. The maximum Gasteiger partial charge on any atom is 0.0543 e. The van der Waals surface area contributed by atoms with Crippen molar-refractivity contribution in [2.75, 3.05) is 0 Å². The molecule has 0 atom stereocenters. The fraction of sp³-hybridized carbons (Fsp3) is 0.0680. The number of hydrogen-bond donors (Lipinski definition) is 0. The Balaban J connectivity index is 0.000000101. The van der Waals surface area contributed by atoms with Gasteiger partial charge in [-0.2, -0.15) is 0 Å². The van der Waals surface area contributed by atoms with Gasteiger partial charge >= 0.3 is 0 Å². The van der Waals surface area contributed by atoms with Crippen LogP contribution < -0.4 is 0 Å². The molecule has 0 spiro atoms. The lowest BCUT2D eigenvalue weighted by Gasteiger charge is -2.22. The van der Waals surface area contributed by atoms with E-state index in [1.54, 1.807) is 0 Å². The zero-order valence-electron chi connectivity index (χ0n) is 61.1. The van der Waals surface area contributed by atoms with E-state index in [-0.39, 0.29) is 5.41 Å². The van der Waals surface area contributed by atoms with Gasteiger partial charge in [-0.15, -0.1) is 0 Å². The van der Waals surface area contributed by atoms with E-state index in [0.717, 1.165) is 0 Å². The number of aromatic nitrogens is 4. The minimum atomic E-state index is 0.0112. The molecule has 0 saturated heterocycles. The van der Waals surface area contributed by atoms with Crippen molar-refractivity contribution in [1.29, 1.82) is 0 Å². The van der Waals surface area contributed by atoms with Crippen LogP contribution in [0.4, 0.5) is 0 Å². The predicted octanol–water partition coefficient (Wildman–Crippen LogP) is 27.7. The molecule has 21 rings (SSSR count). The molecule has 0 fully saturated rings. The molecule has 1 aliphatic carbocycles. The van der Waals surface area contributed by atoms with Crippen LogP contribution >= 0.6 is 0 Å². The lowest BCUT2D eigenvalue weighted by molar-refractivity contribution is 0.660. The van der Waals surface area contributed by atoms with E-state index in [4.69, 9.17) is 0 Å². The SMILES string of the molecule is Cc1ccc2c(c1)c1ccccc1n2-c1ccc(-c2ccccc2)cc1.Cc1ccc2c(c1)c1ccccc1n2-c1ccc2c(c1)C(C)(C)c1ccccc1-2.Cc1ccc2c(c1)c1ccccc1n2-c1ccccc1-c1ccccc1.Cc1ccc2c3ccccc3n(-c3ccc(-c4ccccc4)cc3)c2c1. The molecular formula is C103H80N4. The summed E-state index contributed by atoms with van der Waals surface area (Å²) in [6.45, 7) is 13.3. The molecule has 4 heteroatoms. The van der Waals surface area contributed by atoms with E-state index in [2.05, 4.69) is 436 Å². The maximum atomic E-state index is 2.42. The standard InChI is InChI=1S/C28H23N.3C25H19N/c1-18-12-15-27-23(16-18)22-9-5-7-11-26(22)29(27)19-13-14-21-20-8-4-6-10-24(20)28(2,3)25(21)17-19;1-18-15-16-25-22(17-18)21-12-6-8-14-24(21)26(25)23-13-7-5-11-20(23)19-9-3-2-4-10-19;1-18-11-16-25-23(17-18)22-9-5-6-10-24(22)26(25)21-14-12-20(13-15-21)19-7-3-2-4-8-19;1-18-11-16-23-22-9-5-6-10-24(22)26(25(23)17-18)21-14-12-20(13-15-21)19-7-3-2-4-8-19/h4-17H,1-3H3;3*2-17H,1H3. The Morgan fingerprint density at radius 3 is 1.00 bits per heavy atom. The summed E-state index contributed by atoms with van der Waals surface area (Å²) >= 11 is 0. The van der Waals surface area contributed by atoms with Gasteiger partial charge in [0.05, 0.1) is 49.8 Å². The number of aryl methyl sites for hydroxylation is 4. The predicted molar refractivity (Wildman–Crippen MR) is 456 cm³/mol. The minimum Gasteiger partial charge on any atom is -0.309 e. The van der Waals surface area contributed by atoms with Crippen molar-refractivity contribution in [2.45, 2.75) is 47.0 Å². The normalized spacial score (nSPS) is 12.1. The van der Waals surface area contributed by atoms with Crippen molar-refractivity contribution in [3.05, 3.63) is 409 Å². The van der Waals surface area contributed by atoms with Crippen molar-refractivity contribution in [3.8, 4) is 67.3 Å². The Labute approximate surface area is 625 Å². The molecule has 0 saturated carbocycles. The van der Waals surface area contributed by atoms with Gasteiger partial charge in [-0.25, -0.2) is 0 Å². The molecule has 20 aromatic rings. The van der Waals surface area contributed by atoms with Gasteiger partial charge in [0.1, 0.15) is 0 Å². The van der Waals surface area contributed by atoms with E-state index >= 15 is 0 Å². The Bertz CT molecular complexity index is 6720. The first-order chi connectivity index (χ1) is 52.5. The van der Waals surface area contributed by atoms with Gasteiger partial charge in [0.25, 0.3) is 0 Å². The van der Waals surface area contributed by atoms with E-state index in [1.807, 2.05) is 0 Å². The van der Waals surface area contributed by atoms with Gasteiger partial charge in [-0.1, -0.05) is 297 Å². The largest absolute Gasteiger partial charge is 0.309 e. The average molecular weight is 1370 g/mol. The van der Waals surface area contributed by atoms with Crippen LogP contribution in [0.15, 0.2) is 376 Å². The molecule has 0 unspecified atom stereocenters. The zero-order valence-corrected chi connectivity index (χ0v) is 61.1. The fourth-order valence-electron chi connectivity index (χ4n) is 16.7. The Kier molecular flexibility index (Phi) is 16.8. The third kappa shape index (κ3) is 11.9. The summed E-state index contributed by atoms with van der Waals surface area (Å²) in [7, 11) is 0. The molecule has 0 bridgehead atoms. The van der Waals surface area contributed by atoms with Crippen LogP contribution in [0.1, 0.15) is 47.2 Å². The summed E-state index contributed by atoms with van der Waals surface area (Å²) in [4.78, 5) is 0. The number of para-hydroxylation sites is 5. The Hall–Kier alpha value is -13.3. The summed E-state index contributed by atoms with van der Waals surface area (Å²) in [5.74, 6) is 0. The van der Waals surface area contributed by atoms with Crippen molar-refractivity contribution in [2.24, 2.45) is 0 Å². The lowest BCUT2D eigenvalue weighted by Crippen LogP contribution is -2.15. The summed E-state index contributed by atoms with van der Waals surface area (Å²) in [6, 6.07) is 135. The summed E-state index contributed by atoms with van der Waals surface area (Å²) in [5, 5.41) is 10.5. The summed E-state index contributed by atoms with van der Waals surface area (Å²) in [5.41, 5.74) is 33.1. The Morgan fingerprint density at radius 1 is 0.187 bits per heavy atom. The van der Waals surface area contributed by atoms with Crippen molar-refractivity contribution in [1.82, 2.24) is 18.3 Å². The van der Waals surface area contributed by atoms with Crippen LogP contribution in [0.25, 0.3) is 154 Å². The van der Waals surface area contributed by atoms with E-state index in [0.29, 0.717) is 0 Å². The molecule has 512 valence electrons. The van der Waals surface area contributed by atoms with Gasteiger partial charge in [-0.05, 0) is 193 Å². The molecule has 107 heavy (non-hydrogen) atoms. The lowest BCUT2D eigenvalue weighted by atomic mass is 9.82. The van der Waals surface area contributed by atoms with Gasteiger partial charge in [-0.3, -0.25) is 0 Å². The molecule has 4 aromatic heterocycles. The number of hydrogen-bond acceptors (Lipinski definition) is 0. The monoisotopic (exact) mass is 1370 g/mol. The highest BCUT2D eigenvalue weighted by atomic mass is 15.0. The minimum absolute atomic E-state index is 0.0112. The van der Waals surface area contributed by atoms with E-state index in [1.165, 1.54) is 188 Å². The summed E-state index contributed by atoms with van der Waals surface area (Å²) < 4.78 is 9.54. The van der Waals surface area contributed by atoms with Crippen LogP contribution in [0.2, 0.25) is 0 Å². The van der Waals surface area contributed by atoms with E-state index in [9.17, 15) is 0 Å². The van der Waals surface area contributed by atoms with Crippen LogP contribution in [-0.4, -0.2) is 18.3 Å². The quantitative estimate of drug-likeness (QED) is 0.152. The third-order valence-electron chi connectivity index (χ3n) is 21.8. The molecule has 0 aliphatic heterocycles. The zero-order chi connectivity index (χ0) is 72.3. The number of fused-ring (bicyclic) bond motifs is 15. The van der Waals surface area contributed by atoms with Crippen LogP contribution in [0.5, 0.6) is 0 Å². The average Bonchev–Trinajstić information content (AvgIpc) is 1.57. The van der Waals surface area contributed by atoms with Crippen LogP contribution in [-0.2, 0) is 5.41 Å². The molecule has 4 heterocycles. The fourth-order valence-corrected chi connectivity index (χ4v) is 16.7. The molecular weight excluding hydrogens is 1290 g/mol. The highest BCUT2D eigenvalue weighted by molar-refractivity contribution is 6.13. The van der Waals surface area contributed by atoms with Gasteiger partial charge in [0.15, 0.2) is 0 Å². The highest BCUT2D eigenvalue weighted by Crippen LogP contribution is 2.50. The second-order valence-electron chi connectivity index (χ2n) is 29.1. The van der Waals surface area contributed by atoms with E-state index < -0.39 is 0 Å². The molecule has 1 aliphatic rings. The highest BCUT2D eigenvalue weighted by Gasteiger charge is 2.35. The molecule has 0 N–H and O–H groups in total. The van der Waals surface area contributed by atoms with Crippen molar-refractivity contribution in [3.63, 3.8) is 0 Å². The summed E-state index contributed by atoms with van der Waals surface area (Å²) in [6.07, 6.45) is 0. The molecule has 16 aromatic carbocycles. The van der Waals surface area contributed by atoms with Gasteiger partial charge in [0.2, 0.25) is 0 Å². The Morgan fingerprint density at radius 2 is 0.505 bits per heavy atom. The van der Waals surface area contributed by atoms with Crippen LogP contribution in [0, 0.1) is 27.7 Å². The first kappa shape index (κ1) is 65.7. The van der Waals surface area contributed by atoms with Gasteiger partial charge < -0.3 is 18.3 Å². The second-order valence-corrected chi connectivity index (χ2v) is 29.1. The number of benzene rings is 16. The molecule has 0 amide bonds. The molecule has 0 radical (unpaired) electrons.